The number of nitrogens with zero attached hydrogens (tertiary/aromatic N) is 1. The van der Waals surface area contributed by atoms with Gasteiger partial charge in [0.2, 0.25) is 0 Å². The molecule has 0 radical (unpaired) electrons. The Morgan fingerprint density at radius 2 is 1.67 bits per heavy atom. The zero-order valence-electron chi connectivity index (χ0n) is 16.4. The highest BCUT2D eigenvalue weighted by Crippen LogP contribution is 2.34. The van der Waals surface area contributed by atoms with Crippen molar-refractivity contribution in [1.82, 2.24) is 10.2 Å². The van der Waals surface area contributed by atoms with Crippen LogP contribution in [0.1, 0.15) is 39.9 Å². The molecule has 2 aromatic rings. The molecule has 2 aromatic carbocycles. The molecule has 1 aliphatic carbocycles. The molecule has 0 bridgehead atoms. The molecule has 3 heteroatoms. The maximum absolute atomic E-state index is 12.8. The quantitative estimate of drug-likeness (QED) is 0.896. The highest BCUT2D eigenvalue weighted by Gasteiger charge is 2.35. The van der Waals surface area contributed by atoms with E-state index in [2.05, 4.69) is 36.6 Å². The van der Waals surface area contributed by atoms with Crippen LogP contribution in [0, 0.1) is 18.8 Å². The Kier molecular flexibility index (Phi) is 5.31. The van der Waals surface area contributed by atoms with Crippen molar-refractivity contribution in [2.24, 2.45) is 11.8 Å². The van der Waals surface area contributed by atoms with E-state index in [9.17, 15) is 4.79 Å². The molecule has 4 rings (SSSR count). The zero-order valence-corrected chi connectivity index (χ0v) is 16.4. The maximum Gasteiger partial charge on any atom is 0.253 e. The number of carbonyl (C=O) groups excluding carboxylic acids is 1. The van der Waals surface area contributed by atoms with E-state index in [0.29, 0.717) is 17.9 Å². The predicted molar refractivity (Wildman–Crippen MR) is 110 cm³/mol. The first-order valence-corrected chi connectivity index (χ1v) is 10.3. The van der Waals surface area contributed by atoms with Gasteiger partial charge in [-0.1, -0.05) is 42.0 Å². The van der Waals surface area contributed by atoms with Gasteiger partial charge in [-0.15, -0.1) is 0 Å². The summed E-state index contributed by atoms with van der Waals surface area (Å²) >= 11 is 0. The molecular formula is C24H30N2O. The molecule has 1 N–H and O–H groups in total. The van der Waals surface area contributed by atoms with Crippen LogP contribution in [0.5, 0.6) is 0 Å². The average Bonchev–Trinajstić information content (AvgIpc) is 3.12. The Morgan fingerprint density at radius 3 is 2.26 bits per heavy atom. The second-order valence-corrected chi connectivity index (χ2v) is 8.25. The summed E-state index contributed by atoms with van der Waals surface area (Å²) in [5.74, 6) is 1.51. The number of rotatable bonds is 4. The van der Waals surface area contributed by atoms with Crippen molar-refractivity contribution in [2.75, 3.05) is 20.1 Å². The van der Waals surface area contributed by atoms with Gasteiger partial charge < -0.3 is 10.2 Å². The topological polar surface area (TPSA) is 32.3 Å². The Hall–Kier alpha value is -2.13. The lowest BCUT2D eigenvalue weighted by Crippen LogP contribution is -2.47. The normalized spacial score (nSPS) is 19.1. The van der Waals surface area contributed by atoms with Crippen molar-refractivity contribution < 1.29 is 4.79 Å². The number of fused-ring (bicyclic) bond motifs is 1. The van der Waals surface area contributed by atoms with Crippen LogP contribution in [-0.4, -0.2) is 37.0 Å². The van der Waals surface area contributed by atoms with Crippen molar-refractivity contribution in [2.45, 2.75) is 38.6 Å². The van der Waals surface area contributed by atoms with Crippen LogP contribution in [0.3, 0.4) is 0 Å². The van der Waals surface area contributed by atoms with Crippen molar-refractivity contribution >= 4 is 5.91 Å². The van der Waals surface area contributed by atoms with Crippen LogP contribution in [0.2, 0.25) is 0 Å². The molecule has 1 aliphatic heterocycles. The molecule has 1 amide bonds. The maximum atomic E-state index is 12.8. The summed E-state index contributed by atoms with van der Waals surface area (Å²) in [6.07, 6.45) is 4.56. The van der Waals surface area contributed by atoms with Crippen molar-refractivity contribution in [3.63, 3.8) is 0 Å². The first-order chi connectivity index (χ1) is 13.2. The van der Waals surface area contributed by atoms with Gasteiger partial charge in [-0.3, -0.25) is 4.79 Å². The predicted octanol–water partition coefficient (Wildman–Crippen LogP) is 3.85. The minimum Gasteiger partial charge on any atom is -0.339 e. The number of benzene rings is 2. The summed E-state index contributed by atoms with van der Waals surface area (Å²) in [4.78, 5) is 14.9. The smallest absolute Gasteiger partial charge is 0.253 e. The van der Waals surface area contributed by atoms with E-state index < -0.39 is 0 Å². The van der Waals surface area contributed by atoms with Gasteiger partial charge in [-0.2, -0.15) is 0 Å². The van der Waals surface area contributed by atoms with E-state index in [-0.39, 0.29) is 5.91 Å². The summed E-state index contributed by atoms with van der Waals surface area (Å²) in [6.45, 7) is 3.78. The van der Waals surface area contributed by atoms with Crippen LogP contribution >= 0.6 is 0 Å². The number of hydrogen-bond donors (Lipinski definition) is 1. The van der Waals surface area contributed by atoms with Gasteiger partial charge in [0.1, 0.15) is 0 Å². The Balaban J connectivity index is 1.37. The summed E-state index contributed by atoms with van der Waals surface area (Å²) in [5.41, 5.74) is 5.02. The van der Waals surface area contributed by atoms with Crippen LogP contribution in [0.25, 0.3) is 0 Å². The highest BCUT2D eigenvalue weighted by atomic mass is 16.2. The first kappa shape index (κ1) is 18.2. The number of likely N-dealkylation sites (tertiary alicyclic amines) is 1. The fraction of sp³-hybridized carbons (Fsp3) is 0.458. The third-order valence-corrected chi connectivity index (χ3v) is 6.52. The molecule has 0 aromatic heterocycles. The molecule has 1 fully saturated rings. The van der Waals surface area contributed by atoms with Crippen LogP contribution in [0.4, 0.5) is 0 Å². The van der Waals surface area contributed by atoms with Crippen molar-refractivity contribution in [3.05, 3.63) is 70.8 Å². The second-order valence-electron chi connectivity index (χ2n) is 8.25. The standard InChI is InChI=1S/C24H30N2O/c1-17-6-5-9-21(14-17)24(27)26-12-10-18(11-13-26)23(25-2)22-15-19-7-3-4-8-20(19)16-22/h3-9,14,18,22-23,25H,10-13,15-16H2,1-2H3. The third-order valence-electron chi connectivity index (χ3n) is 6.52. The van der Waals surface area contributed by atoms with Gasteiger partial charge in [0, 0.05) is 24.7 Å². The lowest BCUT2D eigenvalue weighted by molar-refractivity contribution is 0.0655. The van der Waals surface area contributed by atoms with Crippen LogP contribution < -0.4 is 5.32 Å². The molecule has 3 nitrogen and oxygen atoms in total. The summed E-state index contributed by atoms with van der Waals surface area (Å²) in [7, 11) is 2.11. The minimum absolute atomic E-state index is 0.187. The van der Waals surface area contributed by atoms with E-state index in [4.69, 9.17) is 0 Å². The number of hydrogen-bond acceptors (Lipinski definition) is 2. The largest absolute Gasteiger partial charge is 0.339 e. The number of piperidine rings is 1. The molecule has 1 unspecified atom stereocenters. The monoisotopic (exact) mass is 362 g/mol. The number of carbonyl (C=O) groups is 1. The van der Waals surface area contributed by atoms with E-state index in [1.165, 1.54) is 24.0 Å². The molecule has 27 heavy (non-hydrogen) atoms. The van der Waals surface area contributed by atoms with E-state index >= 15 is 0 Å². The van der Waals surface area contributed by atoms with Gasteiger partial charge in [-0.05, 0) is 74.8 Å². The van der Waals surface area contributed by atoms with E-state index in [1.807, 2.05) is 36.1 Å². The molecule has 1 atom stereocenters. The summed E-state index contributed by atoms with van der Waals surface area (Å²) in [6, 6.07) is 17.4. The molecule has 0 saturated carbocycles. The van der Waals surface area contributed by atoms with Gasteiger partial charge in [0.25, 0.3) is 5.91 Å². The van der Waals surface area contributed by atoms with Crippen molar-refractivity contribution in [1.29, 1.82) is 0 Å². The minimum atomic E-state index is 0.187. The molecule has 2 aliphatic rings. The fourth-order valence-corrected chi connectivity index (χ4v) is 5.13. The Morgan fingerprint density at radius 1 is 1.00 bits per heavy atom. The molecule has 0 spiro atoms. The number of aryl methyl sites for hydroxylation is 1. The molecule has 142 valence electrons. The molecule has 1 heterocycles. The fourth-order valence-electron chi connectivity index (χ4n) is 5.13. The van der Waals surface area contributed by atoms with Crippen LogP contribution in [0.15, 0.2) is 48.5 Å². The van der Waals surface area contributed by atoms with Crippen LogP contribution in [-0.2, 0) is 12.8 Å². The number of amides is 1. The molecule has 1 saturated heterocycles. The van der Waals surface area contributed by atoms with E-state index in [0.717, 1.165) is 37.1 Å². The van der Waals surface area contributed by atoms with Crippen molar-refractivity contribution in [3.8, 4) is 0 Å². The lowest BCUT2D eigenvalue weighted by Gasteiger charge is -2.38. The highest BCUT2D eigenvalue weighted by molar-refractivity contribution is 5.94. The Labute approximate surface area is 162 Å². The second kappa shape index (κ2) is 7.85. The van der Waals surface area contributed by atoms with Gasteiger partial charge >= 0.3 is 0 Å². The summed E-state index contributed by atoms with van der Waals surface area (Å²) < 4.78 is 0. The van der Waals surface area contributed by atoms with Gasteiger partial charge in [0.05, 0.1) is 0 Å². The Bertz CT molecular complexity index is 783. The van der Waals surface area contributed by atoms with Gasteiger partial charge in [0.15, 0.2) is 0 Å². The number of nitrogens with one attached hydrogen (secondary N) is 1. The third kappa shape index (κ3) is 3.79. The zero-order chi connectivity index (χ0) is 18.8. The SMILES string of the molecule is CNC(C1CCN(C(=O)c2cccc(C)c2)CC1)C1Cc2ccccc2C1. The average molecular weight is 363 g/mol. The molecular weight excluding hydrogens is 332 g/mol. The summed E-state index contributed by atoms with van der Waals surface area (Å²) in [5, 5.41) is 3.63. The lowest BCUT2D eigenvalue weighted by atomic mass is 9.80. The van der Waals surface area contributed by atoms with Gasteiger partial charge in [-0.25, -0.2) is 0 Å². The van der Waals surface area contributed by atoms with E-state index in [1.54, 1.807) is 0 Å². The first-order valence-electron chi connectivity index (χ1n) is 10.3.